The number of carboxylic acid groups (broad SMARTS) is 1. The number of carbonyl (C=O) groups is 2. The lowest BCUT2D eigenvalue weighted by Crippen LogP contribution is -2.39. The fourth-order valence-corrected chi connectivity index (χ4v) is 5.71. The number of aliphatic hydroxyl groups excluding tert-OH is 1. The number of allylic oxidation sites excluding steroid dienone is 1. The molecular weight excluding hydrogens is 424 g/mol. The van der Waals surface area contributed by atoms with Crippen LogP contribution >= 0.6 is 11.8 Å². The largest absolute Gasteiger partial charge is 0.481 e. The first kappa shape index (κ1) is 29.0. The van der Waals surface area contributed by atoms with Crippen LogP contribution in [-0.2, 0) is 14.3 Å². The number of ether oxygens (including phenoxy) is 1. The molecule has 0 aromatic heterocycles. The summed E-state index contributed by atoms with van der Waals surface area (Å²) in [6, 6.07) is 0. The summed E-state index contributed by atoms with van der Waals surface area (Å²) in [4.78, 5) is 22.9. The van der Waals surface area contributed by atoms with E-state index in [4.69, 9.17) is 9.84 Å². The minimum Gasteiger partial charge on any atom is -0.481 e. The van der Waals surface area contributed by atoms with Gasteiger partial charge in [0, 0.05) is 0 Å². The predicted molar refractivity (Wildman–Crippen MR) is 133 cm³/mol. The number of thioether (sulfide) groups is 1. The van der Waals surface area contributed by atoms with E-state index in [1.54, 1.807) is 6.92 Å². The highest BCUT2D eigenvalue weighted by Crippen LogP contribution is 2.38. The lowest BCUT2D eigenvalue weighted by molar-refractivity contribution is -0.140. The van der Waals surface area contributed by atoms with Crippen molar-refractivity contribution in [3.05, 3.63) is 11.6 Å². The van der Waals surface area contributed by atoms with E-state index in [1.807, 2.05) is 0 Å². The SMILES string of the molecule is CCCCCCCCCCCCC/C=C1\CC[C@H](CC(=O)O)[C@@H](O)[C@@H]1SCC(=O)OCC. The van der Waals surface area contributed by atoms with E-state index in [1.165, 1.54) is 81.5 Å². The van der Waals surface area contributed by atoms with Crippen LogP contribution in [0.1, 0.15) is 110 Å². The highest BCUT2D eigenvalue weighted by atomic mass is 32.2. The van der Waals surface area contributed by atoms with Gasteiger partial charge in [-0.25, -0.2) is 0 Å². The summed E-state index contributed by atoms with van der Waals surface area (Å²) in [6.45, 7) is 4.38. The summed E-state index contributed by atoms with van der Waals surface area (Å²) in [5.41, 5.74) is 1.17. The highest BCUT2D eigenvalue weighted by Gasteiger charge is 2.36. The van der Waals surface area contributed by atoms with Gasteiger partial charge < -0.3 is 14.9 Å². The van der Waals surface area contributed by atoms with Crippen LogP contribution in [0.5, 0.6) is 0 Å². The number of hydrogen-bond donors (Lipinski definition) is 2. The molecule has 0 heterocycles. The van der Waals surface area contributed by atoms with Crippen LogP contribution in [-0.4, -0.2) is 45.9 Å². The zero-order valence-corrected chi connectivity index (χ0v) is 21.2. The molecule has 0 spiro atoms. The zero-order chi connectivity index (χ0) is 23.6. The average Bonchev–Trinajstić information content (AvgIpc) is 2.75. The Hall–Kier alpha value is -1.01. The summed E-state index contributed by atoms with van der Waals surface area (Å²) in [7, 11) is 0. The van der Waals surface area contributed by atoms with E-state index in [2.05, 4.69) is 13.0 Å². The molecular formula is C26H46O5S. The van der Waals surface area contributed by atoms with Crippen LogP contribution < -0.4 is 0 Å². The van der Waals surface area contributed by atoms with Crippen molar-refractivity contribution >= 4 is 23.7 Å². The van der Waals surface area contributed by atoms with Gasteiger partial charge >= 0.3 is 11.9 Å². The molecule has 1 fully saturated rings. The van der Waals surface area contributed by atoms with Gasteiger partial charge in [-0.15, -0.1) is 11.8 Å². The minimum absolute atomic E-state index is 0.0243. The summed E-state index contributed by atoms with van der Waals surface area (Å²) in [6.07, 6.45) is 18.4. The lowest BCUT2D eigenvalue weighted by Gasteiger charge is -2.36. The molecule has 186 valence electrons. The van der Waals surface area contributed by atoms with Gasteiger partial charge in [-0.2, -0.15) is 0 Å². The molecule has 0 radical (unpaired) electrons. The first-order valence-corrected chi connectivity index (χ1v) is 13.9. The van der Waals surface area contributed by atoms with Crippen LogP contribution in [0.3, 0.4) is 0 Å². The first-order chi connectivity index (χ1) is 15.5. The van der Waals surface area contributed by atoms with Gasteiger partial charge in [-0.1, -0.05) is 82.8 Å². The van der Waals surface area contributed by atoms with Crippen LogP contribution in [0.15, 0.2) is 11.6 Å². The summed E-state index contributed by atoms with van der Waals surface area (Å²) >= 11 is 1.39. The van der Waals surface area contributed by atoms with Gasteiger partial charge in [-0.05, 0) is 38.5 Å². The van der Waals surface area contributed by atoms with E-state index >= 15 is 0 Å². The molecule has 0 bridgehead atoms. The molecule has 0 unspecified atom stereocenters. The Bertz CT molecular complexity index is 548. The Kier molecular flexibility index (Phi) is 16.7. The molecule has 1 aliphatic carbocycles. The molecule has 0 aliphatic heterocycles. The maximum atomic E-state index is 11.8. The summed E-state index contributed by atoms with van der Waals surface area (Å²) in [5, 5.41) is 19.7. The number of carbonyl (C=O) groups excluding carboxylic acids is 1. The molecule has 1 saturated carbocycles. The zero-order valence-electron chi connectivity index (χ0n) is 20.4. The smallest absolute Gasteiger partial charge is 0.315 e. The van der Waals surface area contributed by atoms with Crippen molar-refractivity contribution in [2.75, 3.05) is 12.4 Å². The van der Waals surface area contributed by atoms with Crippen LogP contribution in [0, 0.1) is 5.92 Å². The topological polar surface area (TPSA) is 83.8 Å². The van der Waals surface area contributed by atoms with E-state index < -0.39 is 12.1 Å². The van der Waals surface area contributed by atoms with Crippen molar-refractivity contribution in [3.8, 4) is 0 Å². The third kappa shape index (κ3) is 12.9. The molecule has 0 aromatic carbocycles. The van der Waals surface area contributed by atoms with Crippen LogP contribution in [0.2, 0.25) is 0 Å². The van der Waals surface area contributed by atoms with Gasteiger partial charge in [0.1, 0.15) is 0 Å². The van der Waals surface area contributed by atoms with Crippen molar-refractivity contribution in [2.24, 2.45) is 5.92 Å². The standard InChI is InChI=1S/C26H46O5S/c1-3-5-6-7-8-9-10-11-12-13-14-15-16-21-17-18-22(19-23(27)28)25(30)26(21)32-20-24(29)31-4-2/h16,22,25-26,30H,3-15,17-20H2,1-2H3,(H,27,28)/b21-16+/t22-,25-,26-/m1/s1. The Morgan fingerprint density at radius 2 is 1.59 bits per heavy atom. The van der Waals surface area contributed by atoms with Crippen molar-refractivity contribution < 1.29 is 24.5 Å². The Labute approximate surface area is 199 Å². The molecule has 3 atom stereocenters. The molecule has 32 heavy (non-hydrogen) atoms. The number of aliphatic hydroxyl groups is 1. The number of rotatable bonds is 18. The quantitative estimate of drug-likeness (QED) is 0.135. The molecule has 2 N–H and O–H groups in total. The highest BCUT2D eigenvalue weighted by molar-refractivity contribution is 8.00. The molecule has 1 rings (SSSR count). The molecule has 0 aromatic rings. The minimum atomic E-state index is -0.878. The second kappa shape index (κ2) is 18.4. The molecule has 0 saturated heterocycles. The van der Waals surface area contributed by atoms with Crippen molar-refractivity contribution in [2.45, 2.75) is 122 Å². The normalized spacial score (nSPS) is 22.2. The van der Waals surface area contributed by atoms with E-state index in [-0.39, 0.29) is 29.3 Å². The maximum absolute atomic E-state index is 11.8. The van der Waals surface area contributed by atoms with Crippen LogP contribution in [0.4, 0.5) is 0 Å². The number of unbranched alkanes of at least 4 members (excludes halogenated alkanes) is 11. The Morgan fingerprint density at radius 1 is 1.00 bits per heavy atom. The monoisotopic (exact) mass is 470 g/mol. The average molecular weight is 471 g/mol. The Balaban J connectivity index is 2.37. The molecule has 6 heteroatoms. The molecule has 1 aliphatic rings. The number of esters is 1. The molecule has 0 amide bonds. The van der Waals surface area contributed by atoms with Gasteiger partial charge in [0.15, 0.2) is 0 Å². The van der Waals surface area contributed by atoms with Crippen molar-refractivity contribution in [3.63, 3.8) is 0 Å². The van der Waals surface area contributed by atoms with E-state index in [9.17, 15) is 14.7 Å². The Morgan fingerprint density at radius 3 is 2.16 bits per heavy atom. The summed E-state index contributed by atoms with van der Waals surface area (Å²) in [5.74, 6) is -1.23. The third-order valence-corrected chi connectivity index (χ3v) is 7.64. The van der Waals surface area contributed by atoms with Gasteiger partial charge in [0.25, 0.3) is 0 Å². The fraction of sp³-hybridized carbons (Fsp3) is 0.846. The van der Waals surface area contributed by atoms with E-state index in [0.717, 1.165) is 19.3 Å². The van der Waals surface area contributed by atoms with Gasteiger partial charge in [0.2, 0.25) is 0 Å². The predicted octanol–water partition coefficient (Wildman–Crippen LogP) is 6.52. The number of carboxylic acids is 1. The van der Waals surface area contributed by atoms with Crippen molar-refractivity contribution in [1.29, 1.82) is 0 Å². The lowest BCUT2D eigenvalue weighted by atomic mass is 9.80. The van der Waals surface area contributed by atoms with Gasteiger partial charge in [0.05, 0.1) is 30.1 Å². The summed E-state index contributed by atoms with van der Waals surface area (Å²) < 4.78 is 5.02. The number of hydrogen-bond acceptors (Lipinski definition) is 5. The maximum Gasteiger partial charge on any atom is 0.315 e. The third-order valence-electron chi connectivity index (χ3n) is 6.30. The second-order valence-corrected chi connectivity index (χ2v) is 10.2. The van der Waals surface area contributed by atoms with Crippen molar-refractivity contribution in [1.82, 2.24) is 0 Å². The fourth-order valence-electron chi connectivity index (χ4n) is 4.46. The number of aliphatic carboxylic acids is 1. The molecule has 5 nitrogen and oxygen atoms in total. The second-order valence-electron chi connectivity index (χ2n) is 9.03. The van der Waals surface area contributed by atoms with E-state index in [0.29, 0.717) is 13.0 Å². The van der Waals surface area contributed by atoms with Gasteiger partial charge in [-0.3, -0.25) is 9.59 Å². The van der Waals surface area contributed by atoms with Crippen LogP contribution in [0.25, 0.3) is 0 Å². The first-order valence-electron chi connectivity index (χ1n) is 12.9.